The monoisotopic (exact) mass is 580 g/mol. The van der Waals surface area contributed by atoms with Crippen molar-refractivity contribution in [1.82, 2.24) is 0 Å². The minimum absolute atomic E-state index is 0.0864. The van der Waals surface area contributed by atoms with Gasteiger partial charge in [0, 0.05) is 34.4 Å². The van der Waals surface area contributed by atoms with E-state index in [0.717, 1.165) is 0 Å². The molecule has 0 amide bonds. The molecule has 1 aliphatic rings. The number of oxime groups is 2. The second kappa shape index (κ2) is 9.91. The molecule has 0 saturated carbocycles. The average Bonchev–Trinajstić information content (AvgIpc) is 2.90. The summed E-state index contributed by atoms with van der Waals surface area (Å²) in [6.45, 7) is 0. The van der Waals surface area contributed by atoms with Crippen LogP contribution in [0.1, 0.15) is 22.3 Å². The fourth-order valence-corrected chi connectivity index (χ4v) is 6.41. The number of nitrogens with zero attached hydrogens (tertiary/aromatic N) is 2. The highest BCUT2D eigenvalue weighted by Gasteiger charge is 2.31. The van der Waals surface area contributed by atoms with Gasteiger partial charge in [-0.15, -0.1) is 0 Å². The molecule has 0 fully saturated rings. The molecule has 0 aromatic heterocycles. The van der Waals surface area contributed by atoms with E-state index in [1.807, 2.05) is 0 Å². The molecule has 1 aliphatic carbocycles. The van der Waals surface area contributed by atoms with Gasteiger partial charge >= 0.3 is 0 Å². The Hall–Kier alpha value is -5.08. The van der Waals surface area contributed by atoms with Gasteiger partial charge in [0.2, 0.25) is 0 Å². The Morgan fingerprint density at radius 2 is 0.925 bits per heavy atom. The van der Waals surface area contributed by atoms with Gasteiger partial charge in [-0.05, 0) is 48.5 Å². The summed E-state index contributed by atoms with van der Waals surface area (Å²) in [5.74, 6) is -0.279. The number of anilines is 2. The zero-order chi connectivity index (χ0) is 28.7. The van der Waals surface area contributed by atoms with Gasteiger partial charge in [0.1, 0.15) is 22.9 Å². The van der Waals surface area contributed by atoms with Crippen LogP contribution in [-0.4, -0.2) is 48.9 Å². The number of sulfonamides is 2. The molecule has 4 aromatic carbocycles. The molecular formula is C26H20N4O8S2. The molecule has 0 saturated heterocycles. The molecule has 14 heteroatoms. The lowest BCUT2D eigenvalue weighted by Crippen LogP contribution is -2.24. The van der Waals surface area contributed by atoms with Crippen molar-refractivity contribution in [2.24, 2.45) is 10.3 Å². The summed E-state index contributed by atoms with van der Waals surface area (Å²) >= 11 is 0. The summed E-state index contributed by atoms with van der Waals surface area (Å²) in [5, 5.41) is 45.7. The van der Waals surface area contributed by atoms with Crippen LogP contribution in [0.3, 0.4) is 0 Å². The molecule has 0 spiro atoms. The smallest absolute Gasteiger partial charge is 0.261 e. The van der Waals surface area contributed by atoms with Gasteiger partial charge in [-0.2, -0.15) is 0 Å². The maximum Gasteiger partial charge on any atom is 0.261 e. The first kappa shape index (κ1) is 26.5. The zero-order valence-corrected chi connectivity index (χ0v) is 21.8. The van der Waals surface area contributed by atoms with Crippen molar-refractivity contribution in [3.05, 3.63) is 107 Å². The van der Waals surface area contributed by atoms with E-state index >= 15 is 0 Å². The van der Waals surface area contributed by atoms with E-state index < -0.39 is 20.0 Å². The first-order valence-electron chi connectivity index (χ1n) is 11.4. The Balaban J connectivity index is 1.55. The van der Waals surface area contributed by atoms with Crippen molar-refractivity contribution < 1.29 is 37.5 Å². The fourth-order valence-electron chi connectivity index (χ4n) is 4.26. The third-order valence-corrected chi connectivity index (χ3v) is 8.78. The molecule has 5 rings (SSSR count). The molecule has 4 aromatic rings. The summed E-state index contributed by atoms with van der Waals surface area (Å²) in [4.78, 5) is -0.433. The fraction of sp³-hybridized carbons (Fsp3) is 0. The topological polar surface area (TPSA) is 198 Å². The van der Waals surface area contributed by atoms with Crippen molar-refractivity contribution >= 4 is 42.8 Å². The Morgan fingerprint density at radius 1 is 0.525 bits per heavy atom. The predicted octanol–water partition coefficient (Wildman–Crippen LogP) is 3.47. The zero-order valence-electron chi connectivity index (χ0n) is 20.2. The van der Waals surface area contributed by atoms with Crippen LogP contribution in [0, 0.1) is 0 Å². The van der Waals surface area contributed by atoms with Crippen LogP contribution < -0.4 is 9.44 Å². The van der Waals surface area contributed by atoms with E-state index in [9.17, 15) is 37.5 Å². The van der Waals surface area contributed by atoms with Gasteiger partial charge in [0.15, 0.2) is 0 Å². The number of aromatic hydroxyl groups is 2. The van der Waals surface area contributed by atoms with Crippen LogP contribution in [0.2, 0.25) is 0 Å². The summed E-state index contributed by atoms with van der Waals surface area (Å²) in [6.07, 6.45) is 0. The van der Waals surface area contributed by atoms with Gasteiger partial charge < -0.3 is 20.6 Å². The Morgan fingerprint density at radius 3 is 1.27 bits per heavy atom. The minimum Gasteiger partial charge on any atom is -0.508 e. The first-order chi connectivity index (χ1) is 19.0. The number of hydrogen-bond acceptors (Lipinski definition) is 10. The highest BCUT2D eigenvalue weighted by molar-refractivity contribution is 7.93. The highest BCUT2D eigenvalue weighted by atomic mass is 32.2. The molecule has 204 valence electrons. The second-order valence-electron chi connectivity index (χ2n) is 8.62. The summed E-state index contributed by atoms with van der Waals surface area (Å²) in [7, 11) is -8.32. The van der Waals surface area contributed by atoms with E-state index in [1.165, 1.54) is 84.9 Å². The first-order valence-corrected chi connectivity index (χ1v) is 14.4. The molecule has 40 heavy (non-hydrogen) atoms. The van der Waals surface area contributed by atoms with E-state index in [4.69, 9.17) is 0 Å². The van der Waals surface area contributed by atoms with Gasteiger partial charge in [0.05, 0.1) is 21.2 Å². The summed E-state index contributed by atoms with van der Waals surface area (Å²) in [6, 6.07) is 18.6. The standard InChI is InChI=1S/C26H20N4O8S2/c31-17-5-1-3-15(11-17)29-39(35,36)19-7-9-21-23(13-19)25(27-33)22-10-8-20(14-24(22)26(21)28-34)40(37,38)30-16-4-2-6-18(32)12-16/h1-14,29-34H. The quantitative estimate of drug-likeness (QED) is 0.130. The molecule has 0 radical (unpaired) electrons. The van der Waals surface area contributed by atoms with E-state index in [0.29, 0.717) is 0 Å². The Kier molecular flexibility index (Phi) is 6.57. The number of hydrogen-bond donors (Lipinski definition) is 6. The molecule has 0 unspecified atom stereocenters. The number of nitrogens with one attached hydrogen (secondary N) is 2. The number of rotatable bonds is 6. The van der Waals surface area contributed by atoms with Gasteiger partial charge in [-0.3, -0.25) is 9.44 Å². The van der Waals surface area contributed by atoms with Gasteiger partial charge in [0.25, 0.3) is 20.0 Å². The number of phenols is 2. The highest BCUT2D eigenvalue weighted by Crippen LogP contribution is 2.33. The van der Waals surface area contributed by atoms with E-state index in [2.05, 4.69) is 19.8 Å². The van der Waals surface area contributed by atoms with Crippen molar-refractivity contribution in [3.63, 3.8) is 0 Å². The van der Waals surface area contributed by atoms with Crippen LogP contribution in [0.5, 0.6) is 11.5 Å². The normalized spacial score (nSPS) is 14.9. The van der Waals surface area contributed by atoms with Crippen LogP contribution in [0.4, 0.5) is 11.4 Å². The van der Waals surface area contributed by atoms with Crippen molar-refractivity contribution in [1.29, 1.82) is 0 Å². The number of fused-ring (bicyclic) bond motifs is 2. The Bertz CT molecular complexity index is 1800. The van der Waals surface area contributed by atoms with Crippen LogP contribution in [0.25, 0.3) is 0 Å². The Labute approximate surface area is 228 Å². The lowest BCUT2D eigenvalue weighted by molar-refractivity contribution is 0.318. The molecule has 6 N–H and O–H groups in total. The van der Waals surface area contributed by atoms with Crippen LogP contribution in [-0.2, 0) is 20.0 Å². The molecule has 0 bridgehead atoms. The average molecular weight is 581 g/mol. The predicted molar refractivity (Wildman–Crippen MR) is 146 cm³/mol. The third kappa shape index (κ3) is 4.88. The van der Waals surface area contributed by atoms with E-state index in [-0.39, 0.29) is 66.3 Å². The van der Waals surface area contributed by atoms with Crippen LogP contribution in [0.15, 0.2) is 105 Å². The van der Waals surface area contributed by atoms with Crippen molar-refractivity contribution in [2.45, 2.75) is 9.79 Å². The van der Waals surface area contributed by atoms with Crippen molar-refractivity contribution in [2.75, 3.05) is 9.44 Å². The molecule has 12 nitrogen and oxygen atoms in total. The third-order valence-electron chi connectivity index (χ3n) is 6.02. The van der Waals surface area contributed by atoms with E-state index in [1.54, 1.807) is 0 Å². The maximum atomic E-state index is 13.1. The van der Waals surface area contributed by atoms with Crippen molar-refractivity contribution in [3.8, 4) is 11.5 Å². The SMILES string of the molecule is O=S(=O)(Nc1cccc(O)c1)c1ccc2c(c1)C(=NO)c1ccc(S(=O)(=O)Nc3cccc(O)c3)cc1C2=NO. The molecular weight excluding hydrogens is 560 g/mol. The summed E-state index contributed by atoms with van der Waals surface area (Å²) in [5.41, 5.74) is 0.623. The lowest BCUT2D eigenvalue weighted by Gasteiger charge is -2.23. The lowest BCUT2D eigenvalue weighted by atomic mass is 9.83. The number of benzene rings is 4. The molecule has 0 aliphatic heterocycles. The summed E-state index contributed by atoms with van der Waals surface area (Å²) < 4.78 is 56.9. The maximum absolute atomic E-state index is 13.1. The number of phenolic OH excluding ortho intramolecular Hbond substituents is 2. The van der Waals surface area contributed by atoms with Gasteiger partial charge in [-0.1, -0.05) is 34.6 Å². The molecule has 0 atom stereocenters. The largest absolute Gasteiger partial charge is 0.508 e. The minimum atomic E-state index is -4.16. The molecule has 0 heterocycles. The van der Waals surface area contributed by atoms with Crippen LogP contribution >= 0.6 is 0 Å². The second-order valence-corrected chi connectivity index (χ2v) is 12.0. The van der Waals surface area contributed by atoms with Gasteiger partial charge in [-0.25, -0.2) is 16.8 Å².